The molecule has 3 aromatic carbocycles. The molecule has 0 unspecified atom stereocenters. The Bertz CT molecular complexity index is 1400. The zero-order chi connectivity index (χ0) is 24.9. The number of halogens is 1. The van der Waals surface area contributed by atoms with Crippen LogP contribution in [0.5, 0.6) is 0 Å². The van der Waals surface area contributed by atoms with Crippen molar-refractivity contribution in [3.05, 3.63) is 99.6 Å². The van der Waals surface area contributed by atoms with Crippen LogP contribution in [0.1, 0.15) is 39.6 Å². The van der Waals surface area contributed by atoms with Crippen LogP contribution in [-0.2, 0) is 19.5 Å². The first-order valence-corrected chi connectivity index (χ1v) is 12.5. The Kier molecular flexibility index (Phi) is 7.66. The van der Waals surface area contributed by atoms with E-state index in [0.717, 1.165) is 27.5 Å². The third-order valence-electron chi connectivity index (χ3n) is 6.26. The molecule has 4 rings (SSSR count). The smallest absolute Gasteiger partial charge is 0.253 e. The van der Waals surface area contributed by atoms with Gasteiger partial charge in [0.05, 0.1) is 17.6 Å². The van der Waals surface area contributed by atoms with Crippen molar-refractivity contribution < 1.29 is 9.59 Å². The van der Waals surface area contributed by atoms with Gasteiger partial charge in [0.1, 0.15) is 0 Å². The van der Waals surface area contributed by atoms with Gasteiger partial charge in [-0.25, -0.2) is 0 Å². The first-order valence-electron chi connectivity index (χ1n) is 11.8. The maximum atomic E-state index is 13.0. The number of hydrogen-bond acceptors (Lipinski definition) is 3. The first-order chi connectivity index (χ1) is 16.9. The normalized spacial score (nSPS) is 11.1. The molecule has 35 heavy (non-hydrogen) atoms. The number of Topliss-reactive ketones (excluding diaryl/α,β-unsaturated/α-hetero) is 1. The SMILES string of the molecule is CCc1cccc2c1n(CCCN(C)C(=O)c1ccccc1)c(=N)n2CC(=O)c1ccc(Br)cc1. The number of para-hydroxylation sites is 1. The summed E-state index contributed by atoms with van der Waals surface area (Å²) in [7, 11) is 1.80. The lowest BCUT2D eigenvalue weighted by Crippen LogP contribution is -2.31. The van der Waals surface area contributed by atoms with Crippen LogP contribution in [0.15, 0.2) is 77.3 Å². The molecule has 4 aromatic rings. The molecule has 1 N–H and O–H groups in total. The van der Waals surface area contributed by atoms with Crippen LogP contribution < -0.4 is 5.62 Å². The van der Waals surface area contributed by atoms with Crippen LogP contribution in [0.4, 0.5) is 0 Å². The lowest BCUT2D eigenvalue weighted by atomic mass is 10.1. The zero-order valence-electron chi connectivity index (χ0n) is 20.0. The molecular formula is C28H29BrN4O2. The molecule has 0 atom stereocenters. The molecule has 1 heterocycles. The lowest BCUT2D eigenvalue weighted by Gasteiger charge is -2.17. The minimum Gasteiger partial charge on any atom is -0.342 e. The molecule has 1 aromatic heterocycles. The highest BCUT2D eigenvalue weighted by atomic mass is 79.9. The number of aryl methyl sites for hydroxylation is 2. The number of nitrogens with zero attached hydrogens (tertiary/aromatic N) is 3. The van der Waals surface area contributed by atoms with Crippen molar-refractivity contribution in [2.45, 2.75) is 32.9 Å². The molecule has 0 fully saturated rings. The van der Waals surface area contributed by atoms with Gasteiger partial charge in [-0.1, -0.05) is 65.3 Å². The Labute approximate surface area is 213 Å². The van der Waals surface area contributed by atoms with Crippen LogP contribution in [0.2, 0.25) is 0 Å². The van der Waals surface area contributed by atoms with Gasteiger partial charge in [0, 0.05) is 35.7 Å². The molecule has 0 radical (unpaired) electrons. The highest BCUT2D eigenvalue weighted by Crippen LogP contribution is 2.20. The van der Waals surface area contributed by atoms with Crippen molar-refractivity contribution in [2.24, 2.45) is 0 Å². The highest BCUT2D eigenvalue weighted by molar-refractivity contribution is 9.10. The topological polar surface area (TPSA) is 71.1 Å². The summed E-state index contributed by atoms with van der Waals surface area (Å²) < 4.78 is 4.68. The zero-order valence-corrected chi connectivity index (χ0v) is 21.6. The molecule has 0 saturated carbocycles. The molecule has 1 amide bonds. The summed E-state index contributed by atoms with van der Waals surface area (Å²) in [5, 5.41) is 8.93. The summed E-state index contributed by atoms with van der Waals surface area (Å²) in [5.74, 6) is -0.0522. The molecule has 7 heteroatoms. The summed E-state index contributed by atoms with van der Waals surface area (Å²) >= 11 is 3.41. The Balaban J connectivity index is 1.58. The minimum absolute atomic E-state index is 0.0153. The van der Waals surface area contributed by atoms with Crippen molar-refractivity contribution in [3.8, 4) is 0 Å². The number of fused-ring (bicyclic) bond motifs is 1. The van der Waals surface area contributed by atoms with Crippen molar-refractivity contribution >= 4 is 38.7 Å². The first kappa shape index (κ1) is 24.7. The van der Waals surface area contributed by atoms with E-state index in [-0.39, 0.29) is 18.2 Å². The van der Waals surface area contributed by atoms with Crippen molar-refractivity contribution in [1.82, 2.24) is 14.0 Å². The van der Waals surface area contributed by atoms with E-state index >= 15 is 0 Å². The average molecular weight is 533 g/mol. The van der Waals surface area contributed by atoms with Crippen LogP contribution >= 0.6 is 15.9 Å². The average Bonchev–Trinajstić information content (AvgIpc) is 3.15. The van der Waals surface area contributed by atoms with Crippen LogP contribution in [0, 0.1) is 5.41 Å². The van der Waals surface area contributed by atoms with E-state index in [0.29, 0.717) is 36.3 Å². The van der Waals surface area contributed by atoms with Crippen molar-refractivity contribution in [1.29, 1.82) is 5.41 Å². The third kappa shape index (κ3) is 5.30. The van der Waals surface area contributed by atoms with Gasteiger partial charge in [-0.05, 0) is 48.7 Å². The van der Waals surface area contributed by atoms with Gasteiger partial charge in [-0.2, -0.15) is 0 Å². The van der Waals surface area contributed by atoms with E-state index in [1.807, 2.05) is 59.2 Å². The standard InChI is InChI=1S/C28H29BrN4O2/c1-3-20-11-7-12-24-26(20)32(18-8-17-31(2)27(35)22-9-5-4-6-10-22)28(30)33(24)19-25(34)21-13-15-23(29)16-14-21/h4-7,9-16,30H,3,8,17-19H2,1-2H3. The lowest BCUT2D eigenvalue weighted by molar-refractivity contribution is 0.0791. The fourth-order valence-electron chi connectivity index (χ4n) is 4.38. The van der Waals surface area contributed by atoms with Gasteiger partial charge in [0.15, 0.2) is 5.78 Å². The van der Waals surface area contributed by atoms with Gasteiger partial charge in [0.2, 0.25) is 5.62 Å². The molecule has 0 spiro atoms. The van der Waals surface area contributed by atoms with Gasteiger partial charge in [-0.15, -0.1) is 0 Å². The van der Waals surface area contributed by atoms with E-state index in [9.17, 15) is 9.59 Å². The molecule has 0 bridgehead atoms. The molecule has 0 aliphatic rings. The van der Waals surface area contributed by atoms with E-state index in [2.05, 4.69) is 28.9 Å². The molecule has 6 nitrogen and oxygen atoms in total. The summed E-state index contributed by atoms with van der Waals surface area (Å²) in [4.78, 5) is 27.4. The number of hydrogen-bond donors (Lipinski definition) is 1. The van der Waals surface area contributed by atoms with Crippen LogP contribution in [-0.4, -0.2) is 39.3 Å². The fourth-order valence-corrected chi connectivity index (χ4v) is 4.64. The number of amides is 1. The van der Waals surface area contributed by atoms with E-state index in [1.165, 1.54) is 0 Å². The Morgan fingerprint density at radius 2 is 1.63 bits per heavy atom. The summed E-state index contributed by atoms with van der Waals surface area (Å²) in [6.07, 6.45) is 1.53. The van der Waals surface area contributed by atoms with Gasteiger partial charge in [-0.3, -0.25) is 15.0 Å². The largest absolute Gasteiger partial charge is 0.342 e. The maximum absolute atomic E-state index is 13.0. The molecule has 0 saturated heterocycles. The van der Waals surface area contributed by atoms with E-state index < -0.39 is 0 Å². The number of carbonyl (C=O) groups excluding carboxylic acids is 2. The third-order valence-corrected chi connectivity index (χ3v) is 6.79. The number of carbonyl (C=O) groups is 2. The Morgan fingerprint density at radius 3 is 2.31 bits per heavy atom. The second kappa shape index (κ2) is 10.9. The van der Waals surface area contributed by atoms with E-state index in [4.69, 9.17) is 5.41 Å². The van der Waals surface area contributed by atoms with E-state index in [1.54, 1.807) is 28.6 Å². The summed E-state index contributed by atoms with van der Waals surface area (Å²) in [6, 6.07) is 22.6. The highest BCUT2D eigenvalue weighted by Gasteiger charge is 2.17. The Hall–Kier alpha value is -3.45. The second-order valence-corrected chi connectivity index (χ2v) is 9.49. The van der Waals surface area contributed by atoms with Gasteiger partial charge >= 0.3 is 0 Å². The second-order valence-electron chi connectivity index (χ2n) is 8.58. The van der Waals surface area contributed by atoms with Gasteiger partial charge < -0.3 is 14.0 Å². The monoisotopic (exact) mass is 532 g/mol. The van der Waals surface area contributed by atoms with Crippen molar-refractivity contribution in [2.75, 3.05) is 13.6 Å². The minimum atomic E-state index is -0.0369. The number of rotatable bonds is 9. The maximum Gasteiger partial charge on any atom is 0.253 e. The molecule has 180 valence electrons. The Morgan fingerprint density at radius 1 is 0.914 bits per heavy atom. The van der Waals surface area contributed by atoms with Crippen LogP contribution in [0.3, 0.4) is 0 Å². The predicted molar refractivity (Wildman–Crippen MR) is 142 cm³/mol. The molecular weight excluding hydrogens is 504 g/mol. The number of aromatic nitrogens is 2. The summed E-state index contributed by atoms with van der Waals surface area (Å²) in [5.41, 5.74) is 4.59. The number of ketones is 1. The number of nitrogens with one attached hydrogen (secondary N) is 1. The fraction of sp³-hybridized carbons (Fsp3) is 0.250. The van der Waals surface area contributed by atoms with Crippen molar-refractivity contribution in [3.63, 3.8) is 0 Å². The van der Waals surface area contributed by atoms with Crippen LogP contribution in [0.25, 0.3) is 11.0 Å². The number of imidazole rings is 1. The summed E-state index contributed by atoms with van der Waals surface area (Å²) in [6.45, 7) is 3.35. The molecule has 0 aliphatic carbocycles. The predicted octanol–water partition coefficient (Wildman–Crippen LogP) is 5.29. The number of benzene rings is 3. The molecule has 0 aliphatic heterocycles. The quantitative estimate of drug-likeness (QED) is 0.297. The van der Waals surface area contributed by atoms with Gasteiger partial charge in [0.25, 0.3) is 5.91 Å².